The molecule has 0 atom stereocenters. The van der Waals surface area contributed by atoms with Crippen LogP contribution in [0.3, 0.4) is 0 Å². The fourth-order valence-corrected chi connectivity index (χ4v) is 3.00. The zero-order valence-electron chi connectivity index (χ0n) is 14.8. The number of amides is 2. The standard InChI is InChI=1S/C18H18ClN3O4S/c1-22(2)16(24)10-21-15(23)11-26-18(25)12-6-5-9-20-17(12)27-14-8-4-3-7-13(14)19/h3-9H,10-11H2,1-2H3,(H,21,23). The molecule has 0 radical (unpaired) electrons. The van der Waals surface area contributed by atoms with E-state index >= 15 is 0 Å². The Kier molecular flexibility index (Phi) is 7.63. The Labute approximate surface area is 166 Å². The lowest BCUT2D eigenvalue weighted by Gasteiger charge is -2.11. The molecule has 0 aliphatic heterocycles. The first-order valence-corrected chi connectivity index (χ1v) is 9.09. The number of benzene rings is 1. The van der Waals surface area contributed by atoms with E-state index in [1.807, 2.05) is 12.1 Å². The average molecular weight is 408 g/mol. The number of hydrogen-bond acceptors (Lipinski definition) is 6. The number of hydrogen-bond donors (Lipinski definition) is 1. The summed E-state index contributed by atoms with van der Waals surface area (Å²) in [7, 11) is 3.16. The number of likely N-dealkylation sites (N-methyl/N-ethyl adjacent to an activating group) is 1. The monoisotopic (exact) mass is 407 g/mol. The Morgan fingerprint density at radius 3 is 2.63 bits per heavy atom. The molecule has 0 saturated carbocycles. The van der Waals surface area contributed by atoms with Crippen molar-refractivity contribution in [1.82, 2.24) is 15.2 Å². The molecule has 7 nitrogen and oxygen atoms in total. The van der Waals surface area contributed by atoms with Crippen molar-refractivity contribution in [1.29, 1.82) is 0 Å². The van der Waals surface area contributed by atoms with Gasteiger partial charge >= 0.3 is 5.97 Å². The van der Waals surface area contributed by atoms with E-state index in [4.69, 9.17) is 16.3 Å². The van der Waals surface area contributed by atoms with Gasteiger partial charge in [-0.15, -0.1) is 0 Å². The van der Waals surface area contributed by atoms with Crippen molar-refractivity contribution in [2.24, 2.45) is 0 Å². The molecular weight excluding hydrogens is 390 g/mol. The SMILES string of the molecule is CN(C)C(=O)CNC(=O)COC(=O)c1cccnc1Sc1ccccc1Cl. The lowest BCUT2D eigenvalue weighted by atomic mass is 10.3. The Morgan fingerprint density at radius 1 is 1.19 bits per heavy atom. The van der Waals surface area contributed by atoms with E-state index in [0.29, 0.717) is 10.0 Å². The van der Waals surface area contributed by atoms with Gasteiger partial charge < -0.3 is 15.0 Å². The minimum Gasteiger partial charge on any atom is -0.452 e. The summed E-state index contributed by atoms with van der Waals surface area (Å²) in [5.41, 5.74) is 0.222. The predicted molar refractivity (Wildman–Crippen MR) is 102 cm³/mol. The van der Waals surface area contributed by atoms with Gasteiger partial charge in [0.2, 0.25) is 5.91 Å². The number of esters is 1. The highest BCUT2D eigenvalue weighted by atomic mass is 35.5. The molecule has 1 aromatic heterocycles. The summed E-state index contributed by atoms with van der Waals surface area (Å²) in [5, 5.41) is 3.34. The van der Waals surface area contributed by atoms with Crippen molar-refractivity contribution < 1.29 is 19.1 Å². The summed E-state index contributed by atoms with van der Waals surface area (Å²) in [6.45, 7) is -0.658. The van der Waals surface area contributed by atoms with Gasteiger partial charge in [0, 0.05) is 25.2 Å². The molecule has 0 bridgehead atoms. The van der Waals surface area contributed by atoms with Gasteiger partial charge in [0.05, 0.1) is 17.1 Å². The van der Waals surface area contributed by atoms with E-state index in [0.717, 1.165) is 4.90 Å². The number of carbonyl (C=O) groups is 3. The largest absolute Gasteiger partial charge is 0.452 e. The van der Waals surface area contributed by atoms with Gasteiger partial charge in [0.1, 0.15) is 5.03 Å². The van der Waals surface area contributed by atoms with Gasteiger partial charge in [-0.05, 0) is 24.3 Å². The molecule has 27 heavy (non-hydrogen) atoms. The van der Waals surface area contributed by atoms with Crippen molar-refractivity contribution in [2.45, 2.75) is 9.92 Å². The highest BCUT2D eigenvalue weighted by molar-refractivity contribution is 7.99. The molecule has 2 rings (SSSR count). The maximum absolute atomic E-state index is 12.3. The molecule has 1 aromatic carbocycles. The second-order valence-electron chi connectivity index (χ2n) is 5.53. The van der Waals surface area contributed by atoms with Gasteiger partial charge in [0.15, 0.2) is 6.61 Å². The molecule has 0 fully saturated rings. The van der Waals surface area contributed by atoms with Crippen LogP contribution >= 0.6 is 23.4 Å². The van der Waals surface area contributed by atoms with Crippen LogP contribution in [0.25, 0.3) is 0 Å². The van der Waals surface area contributed by atoms with Crippen molar-refractivity contribution in [3.05, 3.63) is 53.2 Å². The molecule has 9 heteroatoms. The number of nitrogens with zero attached hydrogens (tertiary/aromatic N) is 2. The summed E-state index contributed by atoms with van der Waals surface area (Å²) in [5.74, 6) is -1.52. The summed E-state index contributed by atoms with van der Waals surface area (Å²) in [6, 6.07) is 10.3. The minimum atomic E-state index is -0.688. The minimum absolute atomic E-state index is 0.163. The van der Waals surface area contributed by atoms with E-state index in [9.17, 15) is 14.4 Å². The Hall–Kier alpha value is -2.58. The van der Waals surface area contributed by atoms with Crippen LogP contribution in [0.1, 0.15) is 10.4 Å². The topological polar surface area (TPSA) is 88.6 Å². The molecule has 0 spiro atoms. The zero-order chi connectivity index (χ0) is 19.8. The molecule has 0 unspecified atom stereocenters. The van der Waals surface area contributed by atoms with Crippen LogP contribution in [0.15, 0.2) is 52.5 Å². The van der Waals surface area contributed by atoms with Gasteiger partial charge in [-0.25, -0.2) is 9.78 Å². The Balaban J connectivity index is 1.98. The summed E-state index contributed by atoms with van der Waals surface area (Å²) in [4.78, 5) is 41.8. The van der Waals surface area contributed by atoms with Crippen LogP contribution in [0, 0.1) is 0 Å². The van der Waals surface area contributed by atoms with Crippen LogP contribution < -0.4 is 5.32 Å². The smallest absolute Gasteiger partial charge is 0.341 e. The first kappa shape index (κ1) is 20.7. The van der Waals surface area contributed by atoms with E-state index < -0.39 is 18.5 Å². The molecule has 2 aromatic rings. The number of nitrogens with one attached hydrogen (secondary N) is 1. The van der Waals surface area contributed by atoms with Crippen LogP contribution in [0.4, 0.5) is 0 Å². The lowest BCUT2D eigenvalue weighted by molar-refractivity contribution is -0.131. The molecule has 0 aliphatic rings. The van der Waals surface area contributed by atoms with E-state index in [-0.39, 0.29) is 18.0 Å². The van der Waals surface area contributed by atoms with Crippen molar-refractivity contribution in [3.63, 3.8) is 0 Å². The van der Waals surface area contributed by atoms with Crippen LogP contribution in [0.5, 0.6) is 0 Å². The summed E-state index contributed by atoms with van der Waals surface area (Å²) < 4.78 is 5.03. The highest BCUT2D eigenvalue weighted by Gasteiger charge is 2.17. The van der Waals surface area contributed by atoms with Gasteiger partial charge in [-0.3, -0.25) is 9.59 Å². The van der Waals surface area contributed by atoms with Crippen LogP contribution in [-0.4, -0.2) is 54.9 Å². The molecule has 0 aliphatic carbocycles. The molecule has 2 amide bonds. The maximum Gasteiger partial charge on any atom is 0.341 e. The van der Waals surface area contributed by atoms with Crippen molar-refractivity contribution in [3.8, 4) is 0 Å². The number of rotatable bonds is 7. The Morgan fingerprint density at radius 2 is 1.93 bits per heavy atom. The molecular formula is C18H18ClN3O4S. The van der Waals surface area contributed by atoms with Gasteiger partial charge in [-0.1, -0.05) is 35.5 Å². The van der Waals surface area contributed by atoms with Crippen molar-refractivity contribution >= 4 is 41.1 Å². The third kappa shape index (κ3) is 6.26. The predicted octanol–water partition coefficient (Wildman–Crippen LogP) is 2.25. The van der Waals surface area contributed by atoms with Gasteiger partial charge in [-0.2, -0.15) is 0 Å². The third-order valence-corrected chi connectivity index (χ3v) is 4.84. The molecule has 0 saturated heterocycles. The second-order valence-corrected chi connectivity index (χ2v) is 6.97. The Bertz CT molecular complexity index is 845. The number of aromatic nitrogens is 1. The number of pyridine rings is 1. The third-order valence-electron chi connectivity index (χ3n) is 3.30. The second kappa shape index (κ2) is 9.94. The lowest BCUT2D eigenvalue weighted by Crippen LogP contribution is -2.38. The molecule has 142 valence electrons. The quantitative estimate of drug-likeness (QED) is 0.708. The molecule has 1 heterocycles. The van der Waals surface area contributed by atoms with Crippen molar-refractivity contribution in [2.75, 3.05) is 27.2 Å². The summed E-state index contributed by atoms with van der Waals surface area (Å²) in [6.07, 6.45) is 1.55. The highest BCUT2D eigenvalue weighted by Crippen LogP contribution is 2.33. The number of halogens is 1. The first-order valence-electron chi connectivity index (χ1n) is 7.90. The fourth-order valence-electron chi connectivity index (χ4n) is 1.85. The summed E-state index contributed by atoms with van der Waals surface area (Å²) >= 11 is 7.37. The maximum atomic E-state index is 12.3. The zero-order valence-corrected chi connectivity index (χ0v) is 16.3. The number of ether oxygens (including phenoxy) is 1. The number of carbonyl (C=O) groups excluding carboxylic acids is 3. The van der Waals surface area contributed by atoms with Crippen LogP contribution in [0.2, 0.25) is 5.02 Å². The van der Waals surface area contributed by atoms with Gasteiger partial charge in [0.25, 0.3) is 5.91 Å². The van der Waals surface area contributed by atoms with E-state index in [2.05, 4.69) is 10.3 Å². The normalized spacial score (nSPS) is 10.2. The molecule has 1 N–H and O–H groups in total. The average Bonchev–Trinajstić information content (AvgIpc) is 2.66. The first-order chi connectivity index (χ1) is 12.9. The van der Waals surface area contributed by atoms with E-state index in [1.165, 1.54) is 16.7 Å². The fraction of sp³-hybridized carbons (Fsp3) is 0.222. The van der Waals surface area contributed by atoms with E-state index in [1.54, 1.807) is 44.6 Å². The van der Waals surface area contributed by atoms with Crippen LogP contribution in [-0.2, 0) is 14.3 Å².